The Labute approximate surface area is 188 Å². The number of fused-ring (bicyclic) bond motifs is 1. The fraction of sp³-hybridized carbons (Fsp3) is 0.474. The molecule has 13 heteroatoms. The molecule has 0 aliphatic carbocycles. The van der Waals surface area contributed by atoms with E-state index >= 15 is 0 Å². The molecule has 32 heavy (non-hydrogen) atoms. The molecular formula is C19H21ClF3N5O3S. The van der Waals surface area contributed by atoms with Gasteiger partial charge in [0.15, 0.2) is 5.82 Å². The Bertz CT molecular complexity index is 1120. The van der Waals surface area contributed by atoms with Gasteiger partial charge in [-0.3, -0.25) is 9.62 Å². The molecule has 2 aliphatic rings. The molecule has 8 nitrogen and oxygen atoms in total. The van der Waals surface area contributed by atoms with Crippen molar-refractivity contribution in [1.82, 2.24) is 19.6 Å². The molecular weight excluding hydrogens is 471 g/mol. The Morgan fingerprint density at radius 1 is 1.19 bits per heavy atom. The van der Waals surface area contributed by atoms with Crippen molar-refractivity contribution in [3.8, 4) is 0 Å². The smallest absolute Gasteiger partial charge is 0.322 e. The summed E-state index contributed by atoms with van der Waals surface area (Å²) >= 11 is 5.92. The molecule has 2 aliphatic heterocycles. The first-order valence-corrected chi connectivity index (χ1v) is 12.1. The quantitative estimate of drug-likeness (QED) is 0.710. The standard InChI is InChI=1S/C19H21ClF3N5O3S/c1-32(30,31)25-17-4-5-28(24-17)18(29)27-10-13-8-26(9-14(13)11-27)7-12-6-15(20)2-3-16(12)19(21,22)23/h2-6,13-14H,7-11H2,1H3,(H,24,25). The minimum Gasteiger partial charge on any atom is -0.322 e. The second kappa shape index (κ2) is 8.23. The number of aromatic nitrogens is 2. The average molecular weight is 492 g/mol. The molecule has 0 bridgehead atoms. The number of hydrogen-bond acceptors (Lipinski definition) is 5. The average Bonchev–Trinajstić information content (AvgIpc) is 3.33. The molecule has 1 N–H and O–H groups in total. The zero-order valence-electron chi connectivity index (χ0n) is 17.0. The first kappa shape index (κ1) is 22.9. The third-order valence-electron chi connectivity index (χ3n) is 5.67. The van der Waals surface area contributed by atoms with E-state index in [1.807, 2.05) is 4.90 Å². The number of alkyl halides is 3. The number of anilines is 1. The first-order chi connectivity index (χ1) is 14.9. The Kier molecular flexibility index (Phi) is 5.88. The number of likely N-dealkylation sites (tertiary alicyclic amines) is 2. The van der Waals surface area contributed by atoms with Gasteiger partial charge in [-0.2, -0.15) is 17.9 Å². The molecule has 1 aromatic heterocycles. The van der Waals surface area contributed by atoms with Crippen molar-refractivity contribution >= 4 is 33.5 Å². The molecule has 1 aromatic carbocycles. The Morgan fingerprint density at radius 2 is 1.84 bits per heavy atom. The Hall–Kier alpha value is -2.31. The third kappa shape index (κ3) is 5.02. The molecule has 4 rings (SSSR count). The zero-order valence-corrected chi connectivity index (χ0v) is 18.6. The van der Waals surface area contributed by atoms with Crippen LogP contribution in [0, 0.1) is 11.8 Å². The molecule has 0 saturated carbocycles. The van der Waals surface area contributed by atoms with Crippen LogP contribution in [-0.4, -0.2) is 66.5 Å². The van der Waals surface area contributed by atoms with Crippen LogP contribution in [0.4, 0.5) is 23.8 Å². The SMILES string of the molecule is CS(=O)(=O)Nc1ccn(C(=O)N2CC3CN(Cc4cc(Cl)ccc4C(F)(F)F)CC3C2)n1. The van der Waals surface area contributed by atoms with E-state index in [0.29, 0.717) is 26.2 Å². The maximum absolute atomic E-state index is 13.3. The Morgan fingerprint density at radius 3 is 2.44 bits per heavy atom. The van der Waals surface area contributed by atoms with Gasteiger partial charge < -0.3 is 4.90 Å². The number of nitrogens with zero attached hydrogens (tertiary/aromatic N) is 4. The maximum atomic E-state index is 13.3. The summed E-state index contributed by atoms with van der Waals surface area (Å²) in [5.41, 5.74) is -0.548. The predicted molar refractivity (Wildman–Crippen MR) is 112 cm³/mol. The van der Waals surface area contributed by atoms with Crippen molar-refractivity contribution in [3.05, 3.63) is 46.6 Å². The van der Waals surface area contributed by atoms with Crippen LogP contribution in [0.15, 0.2) is 30.5 Å². The fourth-order valence-corrected chi connectivity index (χ4v) is 5.09. The summed E-state index contributed by atoms with van der Waals surface area (Å²) in [4.78, 5) is 16.3. The van der Waals surface area contributed by atoms with Crippen LogP contribution in [0.1, 0.15) is 11.1 Å². The topological polar surface area (TPSA) is 87.5 Å². The van der Waals surface area contributed by atoms with Crippen LogP contribution in [0.2, 0.25) is 5.02 Å². The van der Waals surface area contributed by atoms with Crippen molar-refractivity contribution in [2.75, 3.05) is 37.2 Å². The lowest BCUT2D eigenvalue weighted by Gasteiger charge is -2.23. The molecule has 1 amide bonds. The molecule has 2 saturated heterocycles. The van der Waals surface area contributed by atoms with Gasteiger partial charge in [0.2, 0.25) is 10.0 Å². The van der Waals surface area contributed by atoms with E-state index in [4.69, 9.17) is 11.6 Å². The highest BCUT2D eigenvalue weighted by Gasteiger charge is 2.42. The summed E-state index contributed by atoms with van der Waals surface area (Å²) < 4.78 is 65.9. The number of amides is 1. The van der Waals surface area contributed by atoms with E-state index in [9.17, 15) is 26.4 Å². The second-order valence-corrected chi connectivity index (χ2v) is 10.4. The number of rotatable bonds is 4. The van der Waals surface area contributed by atoms with Gasteiger partial charge in [-0.15, -0.1) is 5.10 Å². The van der Waals surface area contributed by atoms with E-state index < -0.39 is 21.8 Å². The number of carbonyl (C=O) groups excluding carboxylic acids is 1. The number of sulfonamides is 1. The third-order valence-corrected chi connectivity index (χ3v) is 6.49. The Balaban J connectivity index is 1.38. The lowest BCUT2D eigenvalue weighted by molar-refractivity contribution is -0.138. The van der Waals surface area contributed by atoms with Gasteiger partial charge in [-0.1, -0.05) is 11.6 Å². The molecule has 2 unspecified atom stereocenters. The van der Waals surface area contributed by atoms with Crippen LogP contribution >= 0.6 is 11.6 Å². The molecule has 174 valence electrons. The number of halogens is 4. The molecule has 0 spiro atoms. The molecule has 2 aromatic rings. The van der Waals surface area contributed by atoms with E-state index in [1.54, 1.807) is 4.90 Å². The van der Waals surface area contributed by atoms with Crippen LogP contribution in [0.25, 0.3) is 0 Å². The van der Waals surface area contributed by atoms with Gasteiger partial charge in [0.1, 0.15) is 0 Å². The number of hydrogen-bond donors (Lipinski definition) is 1. The van der Waals surface area contributed by atoms with Crippen LogP contribution < -0.4 is 4.72 Å². The van der Waals surface area contributed by atoms with Crippen molar-refractivity contribution < 1.29 is 26.4 Å². The van der Waals surface area contributed by atoms with Crippen molar-refractivity contribution in [1.29, 1.82) is 0 Å². The summed E-state index contributed by atoms with van der Waals surface area (Å²) in [5.74, 6) is 0.321. The minimum atomic E-state index is -4.45. The lowest BCUT2D eigenvalue weighted by Crippen LogP contribution is -2.36. The highest BCUT2D eigenvalue weighted by molar-refractivity contribution is 7.92. The van der Waals surface area contributed by atoms with Gasteiger partial charge >= 0.3 is 12.2 Å². The van der Waals surface area contributed by atoms with Crippen molar-refractivity contribution in [2.45, 2.75) is 12.7 Å². The number of nitrogens with one attached hydrogen (secondary N) is 1. The zero-order chi connectivity index (χ0) is 23.3. The maximum Gasteiger partial charge on any atom is 0.416 e. The molecule has 2 atom stereocenters. The van der Waals surface area contributed by atoms with Crippen molar-refractivity contribution in [2.24, 2.45) is 11.8 Å². The van der Waals surface area contributed by atoms with Crippen LogP contribution in [0.3, 0.4) is 0 Å². The monoisotopic (exact) mass is 491 g/mol. The summed E-state index contributed by atoms with van der Waals surface area (Å²) in [6, 6.07) is 4.62. The van der Waals surface area contributed by atoms with Gasteiger partial charge in [-0.25, -0.2) is 13.2 Å². The summed E-state index contributed by atoms with van der Waals surface area (Å²) in [5, 5.41) is 4.21. The predicted octanol–water partition coefficient (Wildman–Crippen LogP) is 2.96. The molecule has 3 heterocycles. The number of carbonyl (C=O) groups is 1. The summed E-state index contributed by atoms with van der Waals surface area (Å²) in [6.07, 6.45) is -2.08. The first-order valence-electron chi connectivity index (χ1n) is 9.80. The summed E-state index contributed by atoms with van der Waals surface area (Å²) in [7, 11) is -3.50. The van der Waals surface area contributed by atoms with Gasteiger partial charge in [-0.05, 0) is 35.6 Å². The van der Waals surface area contributed by atoms with Crippen molar-refractivity contribution in [3.63, 3.8) is 0 Å². The highest BCUT2D eigenvalue weighted by Crippen LogP contribution is 2.36. The van der Waals surface area contributed by atoms with Crippen LogP contribution in [0.5, 0.6) is 0 Å². The van der Waals surface area contributed by atoms with E-state index in [-0.39, 0.29) is 40.8 Å². The lowest BCUT2D eigenvalue weighted by atomic mass is 10.0. The minimum absolute atomic E-state index is 0.0495. The summed E-state index contributed by atoms with van der Waals surface area (Å²) in [6.45, 7) is 2.18. The largest absolute Gasteiger partial charge is 0.416 e. The molecule has 2 fully saturated rings. The highest BCUT2D eigenvalue weighted by atomic mass is 35.5. The fourth-order valence-electron chi connectivity index (χ4n) is 4.41. The van der Waals surface area contributed by atoms with Crippen LogP contribution in [-0.2, 0) is 22.7 Å². The second-order valence-electron chi connectivity index (χ2n) is 8.22. The number of benzene rings is 1. The van der Waals surface area contributed by atoms with Gasteiger partial charge in [0, 0.05) is 50.0 Å². The van der Waals surface area contributed by atoms with Gasteiger partial charge in [0.05, 0.1) is 11.8 Å². The van der Waals surface area contributed by atoms with E-state index in [1.165, 1.54) is 24.4 Å². The van der Waals surface area contributed by atoms with E-state index in [2.05, 4.69) is 9.82 Å². The normalized spacial score (nSPS) is 21.7. The van der Waals surface area contributed by atoms with E-state index in [0.717, 1.165) is 17.0 Å². The molecule has 0 radical (unpaired) electrons. The van der Waals surface area contributed by atoms with Gasteiger partial charge in [0.25, 0.3) is 0 Å².